The smallest absolute Gasteiger partial charge is 0.0506 e. The van der Waals surface area contributed by atoms with Gasteiger partial charge in [-0.25, -0.2) is 0 Å². The third-order valence-corrected chi connectivity index (χ3v) is 7.62. The molecule has 0 amide bonds. The first-order valence-corrected chi connectivity index (χ1v) is 9.75. The highest BCUT2D eigenvalue weighted by atomic mass is 14.6. The van der Waals surface area contributed by atoms with Gasteiger partial charge in [-0.2, -0.15) is 0 Å². The van der Waals surface area contributed by atoms with Gasteiger partial charge in [0.1, 0.15) is 0 Å². The Morgan fingerprint density at radius 2 is 1.52 bits per heavy atom. The van der Waals surface area contributed by atoms with E-state index in [4.69, 9.17) is 0 Å². The van der Waals surface area contributed by atoms with Crippen LogP contribution in [0, 0.1) is 5.92 Å². The van der Waals surface area contributed by atoms with E-state index < -0.39 is 0 Å². The molecule has 0 nitrogen and oxygen atoms in total. The van der Waals surface area contributed by atoms with Crippen LogP contribution in [0.4, 0.5) is 0 Å². The Labute approximate surface area is 148 Å². The summed E-state index contributed by atoms with van der Waals surface area (Å²) in [6, 6.07) is 23.5. The summed E-state index contributed by atoms with van der Waals surface area (Å²) in [5.74, 6) is 1.52. The van der Waals surface area contributed by atoms with E-state index in [1.165, 1.54) is 30.4 Å². The van der Waals surface area contributed by atoms with E-state index in [0.717, 1.165) is 18.3 Å². The van der Waals surface area contributed by atoms with Gasteiger partial charge in [-0.3, -0.25) is 0 Å². The Hall–Kier alpha value is -2.34. The maximum atomic E-state index is 2.45. The Kier molecular flexibility index (Phi) is 2.11. The number of benzene rings is 3. The average Bonchev–Trinajstić information content (AvgIpc) is 3.31. The molecule has 1 saturated carbocycles. The van der Waals surface area contributed by atoms with Crippen molar-refractivity contribution in [2.75, 3.05) is 0 Å². The standard InChI is InChI=1S/C25H20/c1-2-12-21-17(8-1)19-10-3-6-15-14-16-7-4-11-20-18-9-5-13-22(18)25(21,23(15)19)24(16)20/h1-4,6-8,10-12,18,22H,5,9,13-14H2. The van der Waals surface area contributed by atoms with Crippen LogP contribution in [-0.4, -0.2) is 0 Å². The van der Waals surface area contributed by atoms with Gasteiger partial charge in [0.2, 0.25) is 0 Å². The largest absolute Gasteiger partial charge is 0.0619 e. The fourth-order valence-corrected chi connectivity index (χ4v) is 7.08. The highest BCUT2D eigenvalue weighted by Gasteiger charge is 2.61. The first-order chi connectivity index (χ1) is 12.4. The van der Waals surface area contributed by atoms with Gasteiger partial charge in [-0.1, -0.05) is 67.1 Å². The van der Waals surface area contributed by atoms with E-state index in [1.807, 2.05) is 0 Å². The van der Waals surface area contributed by atoms with Gasteiger partial charge in [0.05, 0.1) is 5.41 Å². The summed E-state index contributed by atoms with van der Waals surface area (Å²) in [6.07, 6.45) is 5.26. The number of hydrogen-bond acceptors (Lipinski definition) is 0. The third-order valence-electron chi connectivity index (χ3n) is 7.62. The quantitative estimate of drug-likeness (QED) is 0.491. The van der Waals surface area contributed by atoms with E-state index in [9.17, 15) is 0 Å². The molecule has 0 radical (unpaired) electrons. The summed E-state index contributed by atoms with van der Waals surface area (Å²) in [6.45, 7) is 0. The SMILES string of the molecule is c1ccc2c(c1)-c1cccc3c1C21c2c(cccc2C2CCCC21)C3. The Morgan fingerprint density at radius 1 is 0.720 bits per heavy atom. The molecule has 0 saturated heterocycles. The fraction of sp³-hybridized carbons (Fsp3) is 0.280. The van der Waals surface area contributed by atoms with Crippen LogP contribution in [0.5, 0.6) is 0 Å². The lowest BCUT2D eigenvalue weighted by Crippen LogP contribution is -2.36. The van der Waals surface area contributed by atoms with Crippen LogP contribution in [0.1, 0.15) is 58.6 Å². The van der Waals surface area contributed by atoms with Crippen molar-refractivity contribution in [1.29, 1.82) is 0 Å². The fourth-order valence-electron chi connectivity index (χ4n) is 7.08. The van der Waals surface area contributed by atoms with Crippen molar-refractivity contribution in [3.8, 4) is 11.1 Å². The van der Waals surface area contributed by atoms with Crippen molar-refractivity contribution in [2.24, 2.45) is 5.92 Å². The van der Waals surface area contributed by atoms with Crippen LogP contribution < -0.4 is 0 Å². The molecule has 0 aromatic heterocycles. The van der Waals surface area contributed by atoms with Crippen molar-refractivity contribution in [1.82, 2.24) is 0 Å². The average molecular weight is 320 g/mol. The number of fused-ring (bicyclic) bond motifs is 4. The molecule has 0 bridgehead atoms. The van der Waals surface area contributed by atoms with E-state index in [1.54, 1.807) is 33.4 Å². The molecule has 0 aliphatic heterocycles. The maximum absolute atomic E-state index is 2.45. The van der Waals surface area contributed by atoms with Crippen molar-refractivity contribution in [3.63, 3.8) is 0 Å². The molecule has 3 aromatic rings. The first kappa shape index (κ1) is 12.9. The summed E-state index contributed by atoms with van der Waals surface area (Å²) < 4.78 is 0. The minimum atomic E-state index is 0.147. The van der Waals surface area contributed by atoms with E-state index in [2.05, 4.69) is 60.7 Å². The lowest BCUT2D eigenvalue weighted by molar-refractivity contribution is 0.386. The van der Waals surface area contributed by atoms with Gasteiger partial charge in [0.25, 0.3) is 0 Å². The second kappa shape index (κ2) is 4.07. The van der Waals surface area contributed by atoms with Crippen molar-refractivity contribution >= 4 is 0 Å². The van der Waals surface area contributed by atoms with Gasteiger partial charge in [-0.05, 0) is 75.6 Å². The zero-order chi connectivity index (χ0) is 16.2. The van der Waals surface area contributed by atoms with Gasteiger partial charge in [0.15, 0.2) is 0 Å². The molecule has 3 atom stereocenters. The molecule has 4 aliphatic carbocycles. The first-order valence-electron chi connectivity index (χ1n) is 9.75. The summed E-state index contributed by atoms with van der Waals surface area (Å²) in [5.41, 5.74) is 13.0. The van der Waals surface area contributed by atoms with Crippen molar-refractivity contribution < 1.29 is 0 Å². The van der Waals surface area contributed by atoms with E-state index >= 15 is 0 Å². The van der Waals surface area contributed by atoms with Gasteiger partial charge < -0.3 is 0 Å². The molecule has 7 rings (SSSR count). The highest BCUT2D eigenvalue weighted by Crippen LogP contribution is 2.70. The summed E-state index contributed by atoms with van der Waals surface area (Å²) in [7, 11) is 0. The molecular weight excluding hydrogens is 300 g/mol. The van der Waals surface area contributed by atoms with Gasteiger partial charge in [-0.15, -0.1) is 0 Å². The predicted molar refractivity (Wildman–Crippen MR) is 101 cm³/mol. The molecule has 0 N–H and O–H groups in total. The minimum absolute atomic E-state index is 0.147. The molecule has 3 unspecified atom stereocenters. The van der Waals surface area contributed by atoms with Gasteiger partial charge >= 0.3 is 0 Å². The van der Waals surface area contributed by atoms with Crippen molar-refractivity contribution in [3.05, 3.63) is 94.0 Å². The predicted octanol–water partition coefficient (Wildman–Crippen LogP) is 5.80. The Morgan fingerprint density at radius 3 is 2.48 bits per heavy atom. The minimum Gasteiger partial charge on any atom is -0.0619 e. The zero-order valence-electron chi connectivity index (χ0n) is 14.3. The molecular formula is C25H20. The lowest BCUT2D eigenvalue weighted by atomic mass is 9.61. The van der Waals surface area contributed by atoms with Gasteiger partial charge in [0, 0.05) is 0 Å². The molecule has 25 heavy (non-hydrogen) atoms. The van der Waals surface area contributed by atoms with Crippen LogP contribution in [0.3, 0.4) is 0 Å². The normalized spacial score (nSPS) is 29.1. The second-order valence-corrected chi connectivity index (χ2v) is 8.40. The lowest BCUT2D eigenvalue weighted by Gasteiger charge is -2.40. The number of rotatable bonds is 0. The highest BCUT2D eigenvalue weighted by molar-refractivity contribution is 5.88. The van der Waals surface area contributed by atoms with Crippen LogP contribution in [0.2, 0.25) is 0 Å². The maximum Gasteiger partial charge on any atom is 0.0506 e. The molecule has 0 heteroatoms. The van der Waals surface area contributed by atoms with Crippen LogP contribution in [-0.2, 0) is 11.8 Å². The molecule has 4 aliphatic rings. The topological polar surface area (TPSA) is 0 Å². The summed E-state index contributed by atoms with van der Waals surface area (Å²) in [5, 5.41) is 0. The van der Waals surface area contributed by atoms with Crippen LogP contribution >= 0.6 is 0 Å². The van der Waals surface area contributed by atoms with Crippen molar-refractivity contribution in [2.45, 2.75) is 37.0 Å². The molecule has 1 spiro atoms. The number of hydrogen-bond donors (Lipinski definition) is 0. The van der Waals surface area contributed by atoms with Crippen LogP contribution in [0.25, 0.3) is 11.1 Å². The van der Waals surface area contributed by atoms with E-state index in [-0.39, 0.29) is 5.41 Å². The monoisotopic (exact) mass is 320 g/mol. The Bertz CT molecular complexity index is 1070. The summed E-state index contributed by atoms with van der Waals surface area (Å²) in [4.78, 5) is 0. The van der Waals surface area contributed by atoms with Crippen LogP contribution in [0.15, 0.2) is 60.7 Å². The second-order valence-electron chi connectivity index (χ2n) is 8.40. The molecule has 0 heterocycles. The molecule has 3 aromatic carbocycles. The zero-order valence-corrected chi connectivity index (χ0v) is 14.3. The third kappa shape index (κ3) is 1.23. The molecule has 120 valence electrons. The molecule has 1 fully saturated rings. The van der Waals surface area contributed by atoms with E-state index in [0.29, 0.717) is 0 Å². The summed E-state index contributed by atoms with van der Waals surface area (Å²) >= 11 is 0. The Balaban J connectivity index is 1.74.